The van der Waals surface area contributed by atoms with Crippen LogP contribution in [0.5, 0.6) is 11.5 Å². The molecule has 0 fully saturated rings. The van der Waals surface area contributed by atoms with E-state index in [2.05, 4.69) is 0 Å². The van der Waals surface area contributed by atoms with E-state index in [-0.39, 0.29) is 18.1 Å². The average Bonchev–Trinajstić information content (AvgIpc) is 3.29. The zero-order valence-corrected chi connectivity index (χ0v) is 16.3. The van der Waals surface area contributed by atoms with Crippen LogP contribution in [0, 0.1) is 0 Å². The summed E-state index contributed by atoms with van der Waals surface area (Å²) in [6.45, 7) is 3.22. The molecule has 2 heterocycles. The number of ketones is 1. The molecule has 2 aliphatic heterocycles. The lowest BCUT2D eigenvalue weighted by atomic mass is 9.98. The van der Waals surface area contributed by atoms with Crippen molar-refractivity contribution in [1.82, 2.24) is 0 Å². The first-order valence-corrected chi connectivity index (χ1v) is 9.17. The van der Waals surface area contributed by atoms with Gasteiger partial charge in [-0.1, -0.05) is 6.92 Å². The van der Waals surface area contributed by atoms with Crippen molar-refractivity contribution in [3.05, 3.63) is 53.1 Å². The third kappa shape index (κ3) is 2.95. The van der Waals surface area contributed by atoms with Gasteiger partial charge in [-0.15, -0.1) is 0 Å². The molecule has 0 bridgehead atoms. The molecule has 7 nitrogen and oxygen atoms in total. The molecule has 0 atom stereocenters. The first kappa shape index (κ1) is 18.7. The number of carbonyl (C=O) groups is 3. The van der Waals surface area contributed by atoms with Crippen LogP contribution >= 0.6 is 0 Å². The van der Waals surface area contributed by atoms with Crippen molar-refractivity contribution < 1.29 is 28.6 Å². The third-order valence-electron chi connectivity index (χ3n) is 4.95. The number of amides is 2. The molecule has 0 aliphatic carbocycles. The lowest BCUT2D eigenvalue weighted by molar-refractivity contribution is -0.122. The van der Waals surface area contributed by atoms with Crippen molar-refractivity contribution in [2.24, 2.45) is 0 Å². The van der Waals surface area contributed by atoms with Gasteiger partial charge in [0.25, 0.3) is 5.91 Å². The molecule has 2 aliphatic rings. The van der Waals surface area contributed by atoms with E-state index in [0.29, 0.717) is 46.1 Å². The molecule has 0 saturated heterocycles. The number of carbonyl (C=O) groups excluding carboxylic acids is 3. The zero-order chi connectivity index (χ0) is 20.7. The molecule has 0 radical (unpaired) electrons. The predicted molar refractivity (Wildman–Crippen MR) is 106 cm³/mol. The Bertz CT molecular complexity index is 1080. The van der Waals surface area contributed by atoms with E-state index in [1.54, 1.807) is 43.3 Å². The smallest absolute Gasteiger partial charge is 0.269 e. The van der Waals surface area contributed by atoms with Crippen LogP contribution in [-0.4, -0.2) is 31.5 Å². The molecule has 7 heteroatoms. The van der Waals surface area contributed by atoms with Crippen molar-refractivity contribution in [1.29, 1.82) is 0 Å². The van der Waals surface area contributed by atoms with Crippen LogP contribution in [0.25, 0.3) is 11.3 Å². The molecule has 4 rings (SSSR count). The molecule has 0 spiro atoms. The van der Waals surface area contributed by atoms with Gasteiger partial charge in [0.15, 0.2) is 17.3 Å². The van der Waals surface area contributed by atoms with Crippen LogP contribution in [0.4, 0.5) is 5.69 Å². The topological polar surface area (TPSA) is 82.1 Å². The Morgan fingerprint density at radius 2 is 1.79 bits per heavy atom. The molecular formula is C22H19NO6. The second kappa shape index (κ2) is 7.09. The van der Waals surface area contributed by atoms with Crippen LogP contribution in [0.3, 0.4) is 0 Å². The monoisotopic (exact) mass is 393 g/mol. The van der Waals surface area contributed by atoms with E-state index in [9.17, 15) is 14.4 Å². The number of imide groups is 1. The van der Waals surface area contributed by atoms with E-state index in [0.717, 1.165) is 4.90 Å². The molecule has 0 unspecified atom stereocenters. The predicted octanol–water partition coefficient (Wildman–Crippen LogP) is 3.42. The number of Topliss-reactive ketones (excluding diaryl/α,β-unsaturated/α-hetero) is 1. The Labute approximate surface area is 167 Å². The molecule has 0 saturated carbocycles. The summed E-state index contributed by atoms with van der Waals surface area (Å²) in [4.78, 5) is 38.7. The van der Waals surface area contributed by atoms with Crippen LogP contribution in [0.2, 0.25) is 0 Å². The number of nitrogens with zero attached hydrogens (tertiary/aromatic N) is 1. The molecule has 2 amide bonds. The highest BCUT2D eigenvalue weighted by molar-refractivity contribution is 6.43. The van der Waals surface area contributed by atoms with Crippen molar-refractivity contribution in [3.63, 3.8) is 0 Å². The molecule has 2 aromatic carbocycles. The summed E-state index contributed by atoms with van der Waals surface area (Å²) in [6.07, 6.45) is 0.335. The highest BCUT2D eigenvalue weighted by Gasteiger charge is 2.38. The molecule has 2 aromatic rings. The number of rotatable bonds is 4. The minimum Gasteiger partial charge on any atom is -0.495 e. The van der Waals surface area contributed by atoms with Crippen molar-refractivity contribution in [3.8, 4) is 11.5 Å². The Balaban J connectivity index is 1.95. The lowest BCUT2D eigenvalue weighted by Gasteiger charge is -2.13. The summed E-state index contributed by atoms with van der Waals surface area (Å²) in [5, 5.41) is 0. The van der Waals surface area contributed by atoms with Gasteiger partial charge in [0.2, 0.25) is 12.7 Å². The Kier molecular flexibility index (Phi) is 4.58. The standard InChI is InChI=1S/C22H19NO6/c1-4-17(25)13-5-7-16-15(9-13)20(22(26)23(16)12(2)24)21(27-3)14-6-8-18-19(10-14)29-11-28-18/h5-10H,4,11H2,1-3H3. The summed E-state index contributed by atoms with van der Waals surface area (Å²) in [7, 11) is 1.46. The largest absolute Gasteiger partial charge is 0.495 e. The summed E-state index contributed by atoms with van der Waals surface area (Å²) in [5.74, 6) is 0.475. The number of ether oxygens (including phenoxy) is 3. The number of hydrogen-bond donors (Lipinski definition) is 0. The van der Waals surface area contributed by atoms with Crippen LogP contribution in [-0.2, 0) is 14.3 Å². The van der Waals surface area contributed by atoms with Gasteiger partial charge in [0, 0.05) is 30.0 Å². The molecule has 0 aromatic heterocycles. The number of anilines is 1. The minimum atomic E-state index is -0.497. The van der Waals surface area contributed by atoms with Crippen molar-refractivity contribution in [2.75, 3.05) is 18.8 Å². The van der Waals surface area contributed by atoms with Crippen LogP contribution in [0.15, 0.2) is 36.4 Å². The lowest BCUT2D eigenvalue weighted by Crippen LogP contribution is -2.31. The molecular weight excluding hydrogens is 374 g/mol. The van der Waals surface area contributed by atoms with Gasteiger partial charge in [-0.05, 0) is 36.4 Å². The fourth-order valence-corrected chi connectivity index (χ4v) is 3.58. The second-order valence-corrected chi connectivity index (χ2v) is 6.64. The van der Waals surface area contributed by atoms with Crippen LogP contribution in [0.1, 0.15) is 41.8 Å². The SMILES string of the molecule is CCC(=O)c1ccc2c(c1)C(=C(OC)c1ccc3c(c1)OCO3)C(=O)N2C(C)=O. The van der Waals surface area contributed by atoms with Gasteiger partial charge in [0.1, 0.15) is 5.76 Å². The van der Waals surface area contributed by atoms with Crippen LogP contribution < -0.4 is 14.4 Å². The van der Waals surface area contributed by atoms with E-state index in [4.69, 9.17) is 14.2 Å². The molecule has 0 N–H and O–H groups in total. The Morgan fingerprint density at radius 3 is 2.48 bits per heavy atom. The summed E-state index contributed by atoms with van der Waals surface area (Å²) in [6, 6.07) is 10.1. The van der Waals surface area contributed by atoms with Gasteiger partial charge in [-0.2, -0.15) is 0 Å². The quantitative estimate of drug-likeness (QED) is 0.450. The van der Waals surface area contributed by atoms with Gasteiger partial charge in [-0.3, -0.25) is 14.4 Å². The van der Waals surface area contributed by atoms with Gasteiger partial charge in [0.05, 0.1) is 18.4 Å². The van der Waals surface area contributed by atoms with Gasteiger partial charge < -0.3 is 14.2 Å². The third-order valence-corrected chi connectivity index (χ3v) is 4.95. The van der Waals surface area contributed by atoms with E-state index < -0.39 is 11.8 Å². The minimum absolute atomic E-state index is 0.0529. The fraction of sp³-hybridized carbons (Fsp3) is 0.227. The van der Waals surface area contributed by atoms with E-state index in [1.807, 2.05) is 0 Å². The maximum absolute atomic E-state index is 13.2. The second-order valence-electron chi connectivity index (χ2n) is 6.64. The maximum atomic E-state index is 13.2. The van der Waals surface area contributed by atoms with Gasteiger partial charge in [-0.25, -0.2) is 4.90 Å². The summed E-state index contributed by atoms with van der Waals surface area (Å²) in [5.41, 5.74) is 2.22. The normalized spacial score (nSPS) is 16.0. The number of fused-ring (bicyclic) bond motifs is 2. The highest BCUT2D eigenvalue weighted by Crippen LogP contribution is 2.43. The first-order chi connectivity index (χ1) is 14.0. The first-order valence-electron chi connectivity index (χ1n) is 9.17. The maximum Gasteiger partial charge on any atom is 0.269 e. The van der Waals surface area contributed by atoms with E-state index >= 15 is 0 Å². The number of benzene rings is 2. The molecule has 29 heavy (non-hydrogen) atoms. The van der Waals surface area contributed by atoms with E-state index in [1.165, 1.54) is 14.0 Å². The average molecular weight is 393 g/mol. The summed E-state index contributed by atoms with van der Waals surface area (Å²) >= 11 is 0. The Hall–Kier alpha value is -3.61. The highest BCUT2D eigenvalue weighted by atomic mass is 16.7. The fourth-order valence-electron chi connectivity index (χ4n) is 3.58. The zero-order valence-electron chi connectivity index (χ0n) is 16.3. The van der Waals surface area contributed by atoms with Gasteiger partial charge >= 0.3 is 0 Å². The number of hydrogen-bond acceptors (Lipinski definition) is 6. The van der Waals surface area contributed by atoms with Crippen molar-refractivity contribution in [2.45, 2.75) is 20.3 Å². The number of methoxy groups -OCH3 is 1. The summed E-state index contributed by atoms with van der Waals surface area (Å²) < 4.78 is 16.4. The Morgan fingerprint density at radius 1 is 1.07 bits per heavy atom. The van der Waals surface area contributed by atoms with Crippen molar-refractivity contribution >= 4 is 34.6 Å². The molecule has 148 valence electrons.